The molecule has 0 atom stereocenters. The Kier molecular flexibility index (Phi) is 4.26. The van der Waals surface area contributed by atoms with Crippen LogP contribution in [0.15, 0.2) is 17.3 Å². The molecular formula is C10H11Cl2N3O. The summed E-state index contributed by atoms with van der Waals surface area (Å²) >= 11 is 11.5. The topological polar surface area (TPSA) is 45.6 Å². The fraction of sp³-hybridized carbons (Fsp3) is 0.300. The van der Waals surface area contributed by atoms with Crippen LogP contribution in [0, 0.1) is 0 Å². The minimum absolute atomic E-state index is 0.243. The first kappa shape index (κ1) is 12.9. The van der Waals surface area contributed by atoms with Crippen molar-refractivity contribution in [1.82, 2.24) is 9.88 Å². The number of rotatable bonds is 1. The van der Waals surface area contributed by atoms with E-state index in [0.29, 0.717) is 5.84 Å². The van der Waals surface area contributed by atoms with Gasteiger partial charge in [-0.25, -0.2) is 4.98 Å². The third kappa shape index (κ3) is 3.18. The molecule has 0 N–H and O–H groups in total. The maximum absolute atomic E-state index is 11.7. The number of nitrogens with zero attached hydrogens (tertiary/aromatic N) is 3. The molecule has 1 heterocycles. The maximum Gasteiger partial charge on any atom is 0.281 e. The smallest absolute Gasteiger partial charge is 0.281 e. The van der Waals surface area contributed by atoms with E-state index in [2.05, 4.69) is 9.98 Å². The molecule has 6 heteroatoms. The Labute approximate surface area is 104 Å². The Morgan fingerprint density at radius 3 is 2.56 bits per heavy atom. The van der Waals surface area contributed by atoms with Crippen LogP contribution < -0.4 is 0 Å². The normalized spacial score (nSPS) is 11.4. The summed E-state index contributed by atoms with van der Waals surface area (Å²) in [7, 11) is 3.60. The Bertz CT molecular complexity index is 444. The van der Waals surface area contributed by atoms with E-state index < -0.39 is 5.91 Å². The highest BCUT2D eigenvalue weighted by atomic mass is 35.5. The predicted molar refractivity (Wildman–Crippen MR) is 65.4 cm³/mol. The monoisotopic (exact) mass is 259 g/mol. The SMILES string of the molecule is C/C(=N\C(=O)c1cnc(Cl)cc1Cl)N(C)C. The summed E-state index contributed by atoms with van der Waals surface area (Å²) in [5.41, 5.74) is 0.243. The van der Waals surface area contributed by atoms with Gasteiger partial charge in [-0.1, -0.05) is 23.2 Å². The molecule has 1 rings (SSSR count). The number of carbonyl (C=O) groups excluding carboxylic acids is 1. The molecule has 1 aromatic heterocycles. The summed E-state index contributed by atoms with van der Waals surface area (Å²) in [6.45, 7) is 1.73. The average Bonchev–Trinajstić information content (AvgIpc) is 2.16. The van der Waals surface area contributed by atoms with Crippen molar-refractivity contribution in [2.24, 2.45) is 4.99 Å². The third-order valence-corrected chi connectivity index (χ3v) is 2.48. The van der Waals surface area contributed by atoms with Gasteiger partial charge in [-0.2, -0.15) is 4.99 Å². The minimum atomic E-state index is -0.430. The van der Waals surface area contributed by atoms with Crippen LogP contribution in [0.1, 0.15) is 17.3 Å². The molecule has 0 aliphatic carbocycles. The highest BCUT2D eigenvalue weighted by Gasteiger charge is 2.11. The molecule has 0 bridgehead atoms. The van der Waals surface area contributed by atoms with Crippen LogP contribution in [-0.4, -0.2) is 35.7 Å². The minimum Gasteiger partial charge on any atom is -0.366 e. The first-order valence-electron chi connectivity index (χ1n) is 4.50. The lowest BCUT2D eigenvalue weighted by Gasteiger charge is -2.10. The molecule has 0 aromatic carbocycles. The molecule has 86 valence electrons. The highest BCUT2D eigenvalue weighted by Crippen LogP contribution is 2.19. The number of hydrogen-bond donors (Lipinski definition) is 0. The van der Waals surface area contributed by atoms with Crippen molar-refractivity contribution in [3.05, 3.63) is 28.0 Å². The van der Waals surface area contributed by atoms with Gasteiger partial charge in [0.1, 0.15) is 11.0 Å². The van der Waals surface area contributed by atoms with E-state index in [1.54, 1.807) is 25.9 Å². The first-order chi connectivity index (χ1) is 7.41. The van der Waals surface area contributed by atoms with Gasteiger partial charge < -0.3 is 4.90 Å². The molecule has 1 amide bonds. The van der Waals surface area contributed by atoms with Crippen molar-refractivity contribution in [1.29, 1.82) is 0 Å². The van der Waals surface area contributed by atoms with Gasteiger partial charge in [-0.05, 0) is 13.0 Å². The quantitative estimate of drug-likeness (QED) is 0.442. The second-order valence-electron chi connectivity index (χ2n) is 3.35. The Balaban J connectivity index is 3.02. The molecule has 1 aromatic rings. The molecule has 16 heavy (non-hydrogen) atoms. The summed E-state index contributed by atoms with van der Waals surface area (Å²) in [5, 5.41) is 0.496. The van der Waals surface area contributed by atoms with Crippen molar-refractivity contribution in [3.8, 4) is 0 Å². The zero-order valence-corrected chi connectivity index (χ0v) is 10.7. The van der Waals surface area contributed by atoms with Gasteiger partial charge in [0.2, 0.25) is 0 Å². The highest BCUT2D eigenvalue weighted by molar-refractivity contribution is 6.36. The van der Waals surface area contributed by atoms with E-state index in [1.807, 2.05) is 0 Å². The lowest BCUT2D eigenvalue weighted by atomic mass is 10.3. The van der Waals surface area contributed by atoms with Crippen molar-refractivity contribution < 1.29 is 4.79 Å². The van der Waals surface area contributed by atoms with Crippen molar-refractivity contribution in [2.45, 2.75) is 6.92 Å². The fourth-order valence-corrected chi connectivity index (χ4v) is 1.32. The van der Waals surface area contributed by atoms with E-state index in [-0.39, 0.29) is 15.7 Å². The average molecular weight is 260 g/mol. The number of amidine groups is 1. The van der Waals surface area contributed by atoms with E-state index in [0.717, 1.165) is 0 Å². The first-order valence-corrected chi connectivity index (χ1v) is 5.25. The molecule has 0 saturated heterocycles. The van der Waals surface area contributed by atoms with Crippen molar-refractivity contribution >= 4 is 34.9 Å². The number of hydrogen-bond acceptors (Lipinski definition) is 2. The molecule has 4 nitrogen and oxygen atoms in total. The number of carbonyl (C=O) groups is 1. The standard InChI is InChI=1S/C10H11Cl2N3O/c1-6(15(2)3)14-10(16)7-5-13-9(12)4-8(7)11/h4-5H,1-3H3/b14-6+. The van der Waals surface area contributed by atoms with Gasteiger partial charge in [-0.3, -0.25) is 4.79 Å². The van der Waals surface area contributed by atoms with E-state index in [1.165, 1.54) is 12.3 Å². The predicted octanol–water partition coefficient (Wildman–Crippen LogP) is 2.51. The molecule has 0 spiro atoms. The molecule has 0 radical (unpaired) electrons. The van der Waals surface area contributed by atoms with Crippen LogP contribution in [0.3, 0.4) is 0 Å². The molecule has 0 fully saturated rings. The molecular weight excluding hydrogens is 249 g/mol. The van der Waals surface area contributed by atoms with Gasteiger partial charge in [0.25, 0.3) is 5.91 Å². The second kappa shape index (κ2) is 5.27. The third-order valence-electron chi connectivity index (χ3n) is 1.96. The lowest BCUT2D eigenvalue weighted by molar-refractivity contribution is 0.100. The van der Waals surface area contributed by atoms with Crippen molar-refractivity contribution in [2.75, 3.05) is 14.1 Å². The second-order valence-corrected chi connectivity index (χ2v) is 4.14. The number of aliphatic imine (C=N–C) groups is 1. The van der Waals surface area contributed by atoms with Gasteiger partial charge in [0, 0.05) is 20.3 Å². The zero-order chi connectivity index (χ0) is 12.3. The summed E-state index contributed by atoms with van der Waals surface area (Å²) in [6, 6.07) is 1.41. The summed E-state index contributed by atoms with van der Waals surface area (Å²) < 4.78 is 0. The number of halogens is 2. The lowest BCUT2D eigenvalue weighted by Crippen LogP contribution is -2.20. The number of aromatic nitrogens is 1. The molecule has 0 aliphatic heterocycles. The van der Waals surface area contributed by atoms with Crippen LogP contribution in [0.25, 0.3) is 0 Å². The van der Waals surface area contributed by atoms with Crippen LogP contribution in [0.2, 0.25) is 10.2 Å². The molecule has 0 aliphatic rings. The van der Waals surface area contributed by atoms with E-state index in [4.69, 9.17) is 23.2 Å². The Hall–Kier alpha value is -1.13. The molecule has 0 unspecified atom stereocenters. The zero-order valence-electron chi connectivity index (χ0n) is 9.16. The summed E-state index contributed by atoms with van der Waals surface area (Å²) in [6.07, 6.45) is 1.32. The van der Waals surface area contributed by atoms with Gasteiger partial charge in [-0.15, -0.1) is 0 Å². The number of pyridine rings is 1. The van der Waals surface area contributed by atoms with Crippen LogP contribution >= 0.6 is 23.2 Å². The van der Waals surface area contributed by atoms with Crippen LogP contribution in [-0.2, 0) is 0 Å². The van der Waals surface area contributed by atoms with E-state index >= 15 is 0 Å². The van der Waals surface area contributed by atoms with Gasteiger partial charge in [0.15, 0.2) is 0 Å². The maximum atomic E-state index is 11.7. The summed E-state index contributed by atoms with van der Waals surface area (Å²) in [4.78, 5) is 21.1. The summed E-state index contributed by atoms with van der Waals surface area (Å²) in [5.74, 6) is 0.163. The van der Waals surface area contributed by atoms with Crippen LogP contribution in [0.4, 0.5) is 0 Å². The van der Waals surface area contributed by atoms with Crippen molar-refractivity contribution in [3.63, 3.8) is 0 Å². The number of amides is 1. The molecule has 0 saturated carbocycles. The Morgan fingerprint density at radius 2 is 2.06 bits per heavy atom. The van der Waals surface area contributed by atoms with Gasteiger partial charge >= 0.3 is 0 Å². The fourth-order valence-electron chi connectivity index (χ4n) is 0.872. The Morgan fingerprint density at radius 1 is 1.44 bits per heavy atom. The largest absolute Gasteiger partial charge is 0.366 e. The van der Waals surface area contributed by atoms with Gasteiger partial charge in [0.05, 0.1) is 10.6 Å². The van der Waals surface area contributed by atoms with E-state index in [9.17, 15) is 4.79 Å². The van der Waals surface area contributed by atoms with Crippen LogP contribution in [0.5, 0.6) is 0 Å².